The van der Waals surface area contributed by atoms with Crippen molar-refractivity contribution in [3.05, 3.63) is 42.5 Å². The number of rotatable bonds is 3. The molecule has 0 bridgehead atoms. The predicted molar refractivity (Wildman–Crippen MR) is 79.6 cm³/mol. The second-order valence-corrected chi connectivity index (χ2v) is 5.35. The first kappa shape index (κ1) is 12.9. The molecular formula is C14H16N8. The third-order valence-corrected chi connectivity index (χ3v) is 3.68. The van der Waals surface area contributed by atoms with Crippen molar-refractivity contribution in [1.82, 2.24) is 34.5 Å². The van der Waals surface area contributed by atoms with E-state index in [1.54, 1.807) is 23.3 Å². The van der Waals surface area contributed by atoms with Crippen molar-refractivity contribution in [3.8, 4) is 5.82 Å². The van der Waals surface area contributed by atoms with E-state index in [2.05, 4.69) is 30.5 Å². The van der Waals surface area contributed by atoms with Gasteiger partial charge in [-0.2, -0.15) is 10.2 Å². The van der Waals surface area contributed by atoms with Crippen LogP contribution < -0.4 is 5.32 Å². The quantitative estimate of drug-likeness (QED) is 0.775. The summed E-state index contributed by atoms with van der Waals surface area (Å²) >= 11 is 0. The Balaban J connectivity index is 1.51. The molecular weight excluding hydrogens is 280 g/mol. The summed E-state index contributed by atoms with van der Waals surface area (Å²) in [5.41, 5.74) is 0. The highest BCUT2D eigenvalue weighted by molar-refractivity contribution is 5.36. The Morgan fingerprint density at radius 2 is 2.23 bits per heavy atom. The van der Waals surface area contributed by atoms with Gasteiger partial charge in [0.1, 0.15) is 17.5 Å². The van der Waals surface area contributed by atoms with E-state index in [1.807, 2.05) is 23.9 Å². The van der Waals surface area contributed by atoms with Gasteiger partial charge in [0.15, 0.2) is 5.82 Å². The Labute approximate surface area is 127 Å². The molecule has 3 aromatic heterocycles. The molecule has 0 saturated heterocycles. The van der Waals surface area contributed by atoms with Gasteiger partial charge in [0.2, 0.25) is 0 Å². The molecule has 112 valence electrons. The summed E-state index contributed by atoms with van der Waals surface area (Å²) in [6, 6.07) is 2.13. The van der Waals surface area contributed by atoms with Gasteiger partial charge in [-0.05, 0) is 19.4 Å². The Hall–Kier alpha value is -2.77. The number of aryl methyl sites for hydroxylation is 2. The summed E-state index contributed by atoms with van der Waals surface area (Å²) in [6.45, 7) is 2.72. The van der Waals surface area contributed by atoms with Crippen molar-refractivity contribution < 1.29 is 0 Å². The van der Waals surface area contributed by atoms with Crippen LogP contribution in [0.5, 0.6) is 0 Å². The van der Waals surface area contributed by atoms with E-state index >= 15 is 0 Å². The van der Waals surface area contributed by atoms with E-state index < -0.39 is 0 Å². The number of anilines is 1. The first-order chi connectivity index (χ1) is 10.8. The maximum absolute atomic E-state index is 4.55. The smallest absolute Gasteiger partial charge is 0.173 e. The summed E-state index contributed by atoms with van der Waals surface area (Å²) in [7, 11) is 0. The Morgan fingerprint density at radius 1 is 1.27 bits per heavy atom. The van der Waals surface area contributed by atoms with Crippen molar-refractivity contribution in [3.63, 3.8) is 0 Å². The standard InChI is InChI=1S/C14H16N8/c1-10-17-13-4-3-11(9-22(13)20-10)18-12-7-15-8-14(19-12)21-6-2-5-16-21/h2,5-8,11H,3-4,9H2,1H3,(H,18,19). The van der Waals surface area contributed by atoms with Gasteiger partial charge < -0.3 is 5.32 Å². The largest absolute Gasteiger partial charge is 0.364 e. The van der Waals surface area contributed by atoms with Gasteiger partial charge in [-0.15, -0.1) is 0 Å². The van der Waals surface area contributed by atoms with Crippen LogP contribution in [0.25, 0.3) is 5.82 Å². The van der Waals surface area contributed by atoms with Gasteiger partial charge in [0.05, 0.1) is 18.9 Å². The number of hydrogen-bond donors (Lipinski definition) is 1. The SMILES string of the molecule is Cc1nc2n(n1)CC(Nc1cncc(-n3cccn3)n1)CC2. The molecule has 0 saturated carbocycles. The Bertz CT molecular complexity index is 776. The predicted octanol–water partition coefficient (Wildman–Crippen LogP) is 0.989. The third-order valence-electron chi connectivity index (χ3n) is 3.68. The lowest BCUT2D eigenvalue weighted by molar-refractivity contribution is 0.440. The molecule has 0 amide bonds. The van der Waals surface area contributed by atoms with Crippen molar-refractivity contribution in [2.24, 2.45) is 0 Å². The summed E-state index contributed by atoms with van der Waals surface area (Å²) in [5.74, 6) is 3.34. The lowest BCUT2D eigenvalue weighted by atomic mass is 10.1. The molecule has 0 radical (unpaired) electrons. The van der Waals surface area contributed by atoms with Crippen molar-refractivity contribution >= 4 is 5.82 Å². The highest BCUT2D eigenvalue weighted by atomic mass is 15.4. The number of hydrogen-bond acceptors (Lipinski definition) is 6. The zero-order valence-electron chi connectivity index (χ0n) is 12.2. The highest BCUT2D eigenvalue weighted by Crippen LogP contribution is 2.16. The van der Waals surface area contributed by atoms with E-state index in [9.17, 15) is 0 Å². The summed E-state index contributed by atoms with van der Waals surface area (Å²) in [5, 5.41) is 12.0. The molecule has 1 unspecified atom stereocenters. The fourth-order valence-corrected chi connectivity index (χ4v) is 2.70. The monoisotopic (exact) mass is 296 g/mol. The van der Waals surface area contributed by atoms with E-state index in [0.29, 0.717) is 5.82 Å². The topological polar surface area (TPSA) is 86.3 Å². The number of nitrogens with one attached hydrogen (secondary N) is 1. The average Bonchev–Trinajstić information content (AvgIpc) is 3.15. The molecule has 0 aliphatic carbocycles. The maximum Gasteiger partial charge on any atom is 0.173 e. The lowest BCUT2D eigenvalue weighted by Gasteiger charge is -2.23. The van der Waals surface area contributed by atoms with Crippen LogP contribution in [0.1, 0.15) is 18.1 Å². The molecule has 3 aromatic rings. The zero-order valence-corrected chi connectivity index (χ0v) is 12.2. The van der Waals surface area contributed by atoms with Crippen LogP contribution in [0.4, 0.5) is 5.82 Å². The minimum absolute atomic E-state index is 0.274. The Kier molecular flexibility index (Phi) is 3.06. The molecule has 1 N–H and O–H groups in total. The van der Waals surface area contributed by atoms with Crippen LogP contribution in [0.15, 0.2) is 30.9 Å². The van der Waals surface area contributed by atoms with Gasteiger partial charge >= 0.3 is 0 Å². The minimum atomic E-state index is 0.274. The van der Waals surface area contributed by atoms with Crippen LogP contribution in [0.2, 0.25) is 0 Å². The van der Waals surface area contributed by atoms with E-state index in [-0.39, 0.29) is 6.04 Å². The second-order valence-electron chi connectivity index (χ2n) is 5.35. The minimum Gasteiger partial charge on any atom is -0.364 e. The van der Waals surface area contributed by atoms with Crippen molar-refractivity contribution in [1.29, 1.82) is 0 Å². The highest BCUT2D eigenvalue weighted by Gasteiger charge is 2.21. The number of nitrogens with zero attached hydrogens (tertiary/aromatic N) is 7. The first-order valence-electron chi connectivity index (χ1n) is 7.27. The molecule has 4 rings (SSSR count). The summed E-state index contributed by atoms with van der Waals surface area (Å²) < 4.78 is 3.67. The maximum atomic E-state index is 4.55. The van der Waals surface area contributed by atoms with Gasteiger partial charge in [0, 0.05) is 24.9 Å². The van der Waals surface area contributed by atoms with Crippen molar-refractivity contribution in [2.45, 2.75) is 32.4 Å². The van der Waals surface area contributed by atoms with E-state index in [4.69, 9.17) is 0 Å². The van der Waals surface area contributed by atoms with Gasteiger partial charge in [-0.3, -0.25) is 4.98 Å². The normalized spacial score (nSPS) is 17.2. The number of fused-ring (bicyclic) bond motifs is 1. The molecule has 0 fully saturated rings. The van der Waals surface area contributed by atoms with E-state index in [1.165, 1.54) is 0 Å². The van der Waals surface area contributed by atoms with Crippen molar-refractivity contribution in [2.75, 3.05) is 5.32 Å². The van der Waals surface area contributed by atoms with Crippen LogP contribution in [0.3, 0.4) is 0 Å². The first-order valence-corrected chi connectivity index (χ1v) is 7.27. The molecule has 4 heterocycles. The molecule has 8 nitrogen and oxygen atoms in total. The van der Waals surface area contributed by atoms with Crippen LogP contribution in [-0.2, 0) is 13.0 Å². The van der Waals surface area contributed by atoms with Crippen LogP contribution in [-0.4, -0.2) is 40.6 Å². The van der Waals surface area contributed by atoms with E-state index in [0.717, 1.165) is 36.9 Å². The summed E-state index contributed by atoms with van der Waals surface area (Å²) in [4.78, 5) is 13.2. The fourth-order valence-electron chi connectivity index (χ4n) is 2.70. The molecule has 0 spiro atoms. The third kappa shape index (κ3) is 2.43. The molecule has 1 aliphatic heterocycles. The average molecular weight is 296 g/mol. The van der Waals surface area contributed by atoms with Gasteiger partial charge in [-0.1, -0.05) is 0 Å². The second kappa shape index (κ2) is 5.21. The zero-order chi connectivity index (χ0) is 14.9. The fraction of sp³-hybridized carbons (Fsp3) is 0.357. The molecule has 22 heavy (non-hydrogen) atoms. The summed E-state index contributed by atoms with van der Waals surface area (Å²) in [6.07, 6.45) is 8.92. The molecule has 1 aliphatic rings. The lowest BCUT2D eigenvalue weighted by Crippen LogP contribution is -2.32. The molecule has 0 aromatic carbocycles. The molecule has 8 heteroatoms. The number of aromatic nitrogens is 7. The molecule has 1 atom stereocenters. The van der Waals surface area contributed by atoms with Crippen LogP contribution >= 0.6 is 0 Å². The van der Waals surface area contributed by atoms with Gasteiger partial charge in [-0.25, -0.2) is 19.3 Å². The van der Waals surface area contributed by atoms with Crippen LogP contribution in [0, 0.1) is 6.92 Å². The van der Waals surface area contributed by atoms with Gasteiger partial charge in [0.25, 0.3) is 0 Å². The Morgan fingerprint density at radius 3 is 3.09 bits per heavy atom.